The Bertz CT molecular complexity index is 571. The highest BCUT2D eigenvalue weighted by molar-refractivity contribution is 5.43. The van der Waals surface area contributed by atoms with Gasteiger partial charge in [-0.25, -0.2) is 0 Å². The average molecular weight is 300 g/mol. The van der Waals surface area contributed by atoms with Gasteiger partial charge in [0.05, 0.1) is 12.7 Å². The summed E-state index contributed by atoms with van der Waals surface area (Å²) >= 11 is 0. The highest BCUT2D eigenvalue weighted by Crippen LogP contribution is 2.29. The summed E-state index contributed by atoms with van der Waals surface area (Å²) in [6.45, 7) is 8.23. The molecule has 0 bridgehead atoms. The van der Waals surface area contributed by atoms with E-state index in [4.69, 9.17) is 9.47 Å². The zero-order valence-corrected chi connectivity index (χ0v) is 13.5. The molecule has 0 aliphatic rings. The first-order valence-electron chi connectivity index (χ1n) is 7.71. The highest BCUT2D eigenvalue weighted by atomic mass is 16.5. The van der Waals surface area contributed by atoms with Crippen LogP contribution in [0.2, 0.25) is 0 Å². The monoisotopic (exact) mass is 300 g/mol. The van der Waals surface area contributed by atoms with Gasteiger partial charge in [-0.3, -0.25) is 4.98 Å². The molecule has 0 fully saturated rings. The first-order valence-corrected chi connectivity index (χ1v) is 7.71. The quantitative estimate of drug-likeness (QED) is 0.809. The van der Waals surface area contributed by atoms with Crippen LogP contribution < -0.4 is 14.8 Å². The molecule has 1 N–H and O–H groups in total. The zero-order valence-electron chi connectivity index (χ0n) is 13.5. The van der Waals surface area contributed by atoms with E-state index in [1.807, 2.05) is 57.4 Å². The molecular weight excluding hydrogens is 276 g/mol. The molecule has 2 rings (SSSR count). The molecule has 0 aliphatic carbocycles. The molecular formula is C18H24N2O2. The third-order valence-corrected chi connectivity index (χ3v) is 3.08. The summed E-state index contributed by atoms with van der Waals surface area (Å²) in [5, 5.41) is 3.42. The summed E-state index contributed by atoms with van der Waals surface area (Å²) in [4.78, 5) is 4.02. The number of nitrogens with one attached hydrogen (secondary N) is 1. The van der Waals surface area contributed by atoms with Crippen molar-refractivity contribution in [1.29, 1.82) is 0 Å². The number of ether oxygens (including phenoxy) is 2. The summed E-state index contributed by atoms with van der Waals surface area (Å²) in [6, 6.07) is 10.1. The standard InChI is InChI=1S/C18H24N2O2/c1-4-21-18-11-16(5-6-17(18)22-14(2)3)13-20-12-15-7-9-19-10-8-15/h5-11,14,20H,4,12-13H2,1-3H3. The molecule has 0 amide bonds. The predicted octanol–water partition coefficient (Wildman–Crippen LogP) is 3.56. The van der Waals surface area contributed by atoms with Gasteiger partial charge in [0, 0.05) is 25.5 Å². The number of hydrogen-bond donors (Lipinski definition) is 1. The smallest absolute Gasteiger partial charge is 0.161 e. The number of aromatic nitrogens is 1. The first kappa shape index (κ1) is 16.3. The number of nitrogens with zero attached hydrogens (tertiary/aromatic N) is 1. The van der Waals surface area contributed by atoms with E-state index < -0.39 is 0 Å². The Kier molecular flexibility index (Phi) is 6.22. The van der Waals surface area contributed by atoms with Gasteiger partial charge in [0.1, 0.15) is 0 Å². The van der Waals surface area contributed by atoms with Crippen LogP contribution >= 0.6 is 0 Å². The highest BCUT2D eigenvalue weighted by Gasteiger charge is 2.08. The minimum atomic E-state index is 0.134. The molecule has 0 aliphatic heterocycles. The molecule has 0 saturated carbocycles. The number of hydrogen-bond acceptors (Lipinski definition) is 4. The largest absolute Gasteiger partial charge is 0.490 e. The molecule has 22 heavy (non-hydrogen) atoms. The van der Waals surface area contributed by atoms with Crippen LogP contribution in [0, 0.1) is 0 Å². The Labute approximate surface area is 132 Å². The molecule has 0 unspecified atom stereocenters. The summed E-state index contributed by atoms with van der Waals surface area (Å²) < 4.78 is 11.5. The van der Waals surface area contributed by atoms with Gasteiger partial charge in [0.15, 0.2) is 11.5 Å². The lowest BCUT2D eigenvalue weighted by Gasteiger charge is -2.15. The van der Waals surface area contributed by atoms with E-state index >= 15 is 0 Å². The molecule has 118 valence electrons. The predicted molar refractivity (Wildman–Crippen MR) is 88.2 cm³/mol. The van der Waals surface area contributed by atoms with Crippen LogP contribution in [0.4, 0.5) is 0 Å². The van der Waals surface area contributed by atoms with Gasteiger partial charge < -0.3 is 14.8 Å². The van der Waals surface area contributed by atoms with E-state index in [0.717, 1.165) is 24.6 Å². The van der Waals surface area contributed by atoms with E-state index in [2.05, 4.69) is 16.4 Å². The Morgan fingerprint density at radius 2 is 1.73 bits per heavy atom. The average Bonchev–Trinajstić information content (AvgIpc) is 2.51. The van der Waals surface area contributed by atoms with Crippen molar-refractivity contribution in [3.8, 4) is 11.5 Å². The lowest BCUT2D eigenvalue weighted by atomic mass is 10.2. The molecule has 0 atom stereocenters. The van der Waals surface area contributed by atoms with Crippen molar-refractivity contribution in [1.82, 2.24) is 10.3 Å². The van der Waals surface area contributed by atoms with E-state index in [1.165, 1.54) is 11.1 Å². The van der Waals surface area contributed by atoms with Crippen molar-refractivity contribution in [2.24, 2.45) is 0 Å². The molecule has 1 heterocycles. The third kappa shape index (κ3) is 5.04. The molecule has 4 nitrogen and oxygen atoms in total. The zero-order chi connectivity index (χ0) is 15.8. The van der Waals surface area contributed by atoms with E-state index in [1.54, 1.807) is 0 Å². The summed E-state index contributed by atoms with van der Waals surface area (Å²) in [7, 11) is 0. The molecule has 0 saturated heterocycles. The normalized spacial score (nSPS) is 10.7. The van der Waals surface area contributed by atoms with Crippen molar-refractivity contribution in [2.45, 2.75) is 40.0 Å². The van der Waals surface area contributed by atoms with Gasteiger partial charge in [-0.2, -0.15) is 0 Å². The number of pyridine rings is 1. The van der Waals surface area contributed by atoms with Crippen LogP contribution in [0.15, 0.2) is 42.7 Å². The first-order chi connectivity index (χ1) is 10.7. The minimum absolute atomic E-state index is 0.134. The van der Waals surface area contributed by atoms with Gasteiger partial charge in [-0.15, -0.1) is 0 Å². The Hall–Kier alpha value is -2.07. The lowest BCUT2D eigenvalue weighted by Crippen LogP contribution is -2.13. The second-order valence-corrected chi connectivity index (χ2v) is 5.34. The van der Waals surface area contributed by atoms with Crippen molar-refractivity contribution >= 4 is 0 Å². The van der Waals surface area contributed by atoms with Crippen molar-refractivity contribution in [3.05, 3.63) is 53.9 Å². The van der Waals surface area contributed by atoms with E-state index in [0.29, 0.717) is 6.61 Å². The molecule has 2 aromatic rings. The third-order valence-electron chi connectivity index (χ3n) is 3.08. The molecule has 4 heteroatoms. The second kappa shape index (κ2) is 8.39. The maximum absolute atomic E-state index is 5.77. The van der Waals surface area contributed by atoms with Crippen LogP contribution in [-0.2, 0) is 13.1 Å². The fourth-order valence-corrected chi connectivity index (χ4v) is 2.13. The van der Waals surface area contributed by atoms with Gasteiger partial charge in [0.2, 0.25) is 0 Å². The van der Waals surface area contributed by atoms with Crippen LogP contribution in [0.1, 0.15) is 31.9 Å². The summed E-state index contributed by atoms with van der Waals surface area (Å²) in [5.74, 6) is 1.61. The van der Waals surface area contributed by atoms with Crippen molar-refractivity contribution < 1.29 is 9.47 Å². The fourth-order valence-electron chi connectivity index (χ4n) is 2.13. The van der Waals surface area contributed by atoms with Crippen molar-refractivity contribution in [2.75, 3.05) is 6.61 Å². The number of benzene rings is 1. The van der Waals surface area contributed by atoms with Gasteiger partial charge >= 0.3 is 0 Å². The lowest BCUT2D eigenvalue weighted by molar-refractivity contribution is 0.223. The molecule has 0 radical (unpaired) electrons. The van der Waals surface area contributed by atoms with Crippen LogP contribution in [0.3, 0.4) is 0 Å². The fraction of sp³-hybridized carbons (Fsp3) is 0.389. The van der Waals surface area contributed by atoms with Crippen LogP contribution in [0.25, 0.3) is 0 Å². The topological polar surface area (TPSA) is 43.4 Å². The van der Waals surface area contributed by atoms with Gasteiger partial charge in [-0.1, -0.05) is 6.07 Å². The van der Waals surface area contributed by atoms with E-state index in [9.17, 15) is 0 Å². The molecule has 1 aromatic heterocycles. The second-order valence-electron chi connectivity index (χ2n) is 5.34. The van der Waals surface area contributed by atoms with Crippen LogP contribution in [-0.4, -0.2) is 17.7 Å². The number of rotatable bonds is 8. The Morgan fingerprint density at radius 1 is 1.00 bits per heavy atom. The Balaban J connectivity index is 1.97. The molecule has 1 aromatic carbocycles. The SMILES string of the molecule is CCOc1cc(CNCc2ccncc2)ccc1OC(C)C. The van der Waals surface area contributed by atoms with Gasteiger partial charge in [0.25, 0.3) is 0 Å². The van der Waals surface area contributed by atoms with E-state index in [-0.39, 0.29) is 6.10 Å². The maximum Gasteiger partial charge on any atom is 0.161 e. The maximum atomic E-state index is 5.77. The van der Waals surface area contributed by atoms with Crippen LogP contribution in [0.5, 0.6) is 11.5 Å². The Morgan fingerprint density at radius 3 is 2.41 bits per heavy atom. The molecule has 0 spiro atoms. The minimum Gasteiger partial charge on any atom is -0.490 e. The summed E-state index contributed by atoms with van der Waals surface area (Å²) in [5.41, 5.74) is 2.40. The van der Waals surface area contributed by atoms with Gasteiger partial charge in [-0.05, 0) is 56.2 Å². The summed E-state index contributed by atoms with van der Waals surface area (Å²) in [6.07, 6.45) is 3.75. The van der Waals surface area contributed by atoms with Crippen molar-refractivity contribution in [3.63, 3.8) is 0 Å².